The van der Waals surface area contributed by atoms with Crippen molar-refractivity contribution < 1.29 is 9.90 Å². The highest BCUT2D eigenvalue weighted by Crippen LogP contribution is 2.31. The number of aliphatic hydroxyl groups is 1. The number of nitrogens with zero attached hydrogens (tertiary/aromatic N) is 1. The van der Waals surface area contributed by atoms with Crippen molar-refractivity contribution >= 4 is 5.91 Å². The molecule has 0 aromatic heterocycles. The van der Waals surface area contributed by atoms with E-state index in [9.17, 15) is 9.90 Å². The molecule has 3 heteroatoms. The minimum atomic E-state index is -0.639. The van der Waals surface area contributed by atoms with Crippen molar-refractivity contribution in [3.63, 3.8) is 0 Å². The van der Waals surface area contributed by atoms with Crippen LogP contribution in [-0.4, -0.2) is 35.1 Å². The molecule has 0 heterocycles. The Morgan fingerprint density at radius 2 is 2.23 bits per heavy atom. The second kappa shape index (κ2) is 3.80. The monoisotopic (exact) mass is 181 g/mol. The molecule has 72 valence electrons. The summed E-state index contributed by atoms with van der Waals surface area (Å²) in [5, 5.41) is 9.76. The summed E-state index contributed by atoms with van der Waals surface area (Å²) in [5.74, 6) is 4.77. The summed E-state index contributed by atoms with van der Waals surface area (Å²) >= 11 is 0. The van der Waals surface area contributed by atoms with Gasteiger partial charge in [0.25, 0.3) is 5.91 Å². The van der Waals surface area contributed by atoms with E-state index in [0.717, 1.165) is 19.3 Å². The van der Waals surface area contributed by atoms with Gasteiger partial charge in [-0.15, -0.1) is 0 Å². The fourth-order valence-electron chi connectivity index (χ4n) is 1.46. The predicted molar refractivity (Wildman–Crippen MR) is 49.9 cm³/mol. The van der Waals surface area contributed by atoms with Gasteiger partial charge in [-0.05, 0) is 32.1 Å². The predicted octanol–water partition coefficient (Wildman–Crippen LogP) is 0.383. The summed E-state index contributed by atoms with van der Waals surface area (Å²) in [5.41, 5.74) is -0.639. The molecule has 0 aromatic carbocycles. The van der Waals surface area contributed by atoms with E-state index in [0.29, 0.717) is 6.54 Å². The van der Waals surface area contributed by atoms with Gasteiger partial charge in [0.05, 0.1) is 5.60 Å². The number of amides is 1. The minimum Gasteiger partial charge on any atom is -0.388 e. The number of likely N-dealkylation sites (N-methyl/N-ethyl adjacent to an activating group) is 1. The second-order valence-corrected chi connectivity index (χ2v) is 3.61. The molecule has 0 aromatic rings. The van der Waals surface area contributed by atoms with E-state index >= 15 is 0 Å². The molecular weight excluding hydrogens is 166 g/mol. The molecule has 1 aliphatic rings. The highest BCUT2D eigenvalue weighted by Gasteiger charge is 2.36. The smallest absolute Gasteiger partial charge is 0.298 e. The molecule has 0 atom stereocenters. The van der Waals surface area contributed by atoms with Crippen molar-refractivity contribution in [1.82, 2.24) is 4.90 Å². The first kappa shape index (κ1) is 10.1. The van der Waals surface area contributed by atoms with Crippen molar-refractivity contribution in [2.24, 2.45) is 0 Å². The third-order valence-corrected chi connectivity index (χ3v) is 2.39. The van der Waals surface area contributed by atoms with Gasteiger partial charge in [-0.3, -0.25) is 4.79 Å². The number of rotatable bonds is 2. The van der Waals surface area contributed by atoms with Gasteiger partial charge >= 0.3 is 0 Å². The lowest BCUT2D eigenvalue weighted by atomic mass is 9.80. The van der Waals surface area contributed by atoms with E-state index in [4.69, 9.17) is 0 Å². The zero-order valence-corrected chi connectivity index (χ0v) is 8.13. The lowest BCUT2D eigenvalue weighted by molar-refractivity contribution is -0.130. The summed E-state index contributed by atoms with van der Waals surface area (Å²) < 4.78 is 0. The van der Waals surface area contributed by atoms with Crippen LogP contribution in [0.2, 0.25) is 0 Å². The standard InChI is InChI=1S/C10H15NO2/c1-3-5-9(12)11(2)8-10(13)6-4-7-10/h13H,4,6-8H2,1-2H3. The number of hydrogen-bond acceptors (Lipinski definition) is 2. The van der Waals surface area contributed by atoms with Crippen molar-refractivity contribution in [3.05, 3.63) is 0 Å². The highest BCUT2D eigenvalue weighted by molar-refractivity contribution is 5.93. The lowest BCUT2D eigenvalue weighted by Gasteiger charge is -2.38. The molecule has 0 aliphatic heterocycles. The van der Waals surface area contributed by atoms with Gasteiger partial charge in [0, 0.05) is 13.6 Å². The van der Waals surface area contributed by atoms with Crippen molar-refractivity contribution in [3.8, 4) is 11.8 Å². The molecule has 1 amide bonds. The molecule has 1 saturated carbocycles. The Bertz CT molecular complexity index is 258. The van der Waals surface area contributed by atoms with Crippen LogP contribution in [0.1, 0.15) is 26.2 Å². The Kier molecular flexibility index (Phi) is 2.94. The van der Waals surface area contributed by atoms with E-state index in [1.165, 1.54) is 4.90 Å². The molecule has 1 aliphatic carbocycles. The summed E-state index contributed by atoms with van der Waals surface area (Å²) in [7, 11) is 1.67. The number of carbonyl (C=O) groups is 1. The Labute approximate surface area is 78.7 Å². The van der Waals surface area contributed by atoms with Crippen LogP contribution in [-0.2, 0) is 4.79 Å². The quantitative estimate of drug-likeness (QED) is 0.626. The van der Waals surface area contributed by atoms with Gasteiger partial charge in [-0.1, -0.05) is 5.92 Å². The Morgan fingerprint density at radius 1 is 1.62 bits per heavy atom. The lowest BCUT2D eigenvalue weighted by Crippen LogP contribution is -2.48. The zero-order chi connectivity index (χ0) is 9.90. The Balaban J connectivity index is 2.43. The topological polar surface area (TPSA) is 40.5 Å². The van der Waals surface area contributed by atoms with Gasteiger partial charge in [0.15, 0.2) is 0 Å². The Morgan fingerprint density at radius 3 is 2.62 bits per heavy atom. The fourth-order valence-corrected chi connectivity index (χ4v) is 1.46. The molecule has 0 unspecified atom stereocenters. The first-order chi connectivity index (χ1) is 6.07. The summed E-state index contributed by atoms with van der Waals surface area (Å²) in [6.45, 7) is 2.03. The van der Waals surface area contributed by atoms with Crippen LogP contribution in [0.4, 0.5) is 0 Å². The average Bonchev–Trinajstić information content (AvgIpc) is 2.02. The number of carbonyl (C=O) groups excluding carboxylic acids is 1. The molecule has 3 nitrogen and oxygen atoms in total. The van der Waals surface area contributed by atoms with Gasteiger partial charge < -0.3 is 10.0 Å². The van der Waals surface area contributed by atoms with Crippen LogP contribution in [0.25, 0.3) is 0 Å². The van der Waals surface area contributed by atoms with E-state index < -0.39 is 5.60 Å². The normalized spacial score (nSPS) is 18.1. The van der Waals surface area contributed by atoms with Gasteiger partial charge in [0.1, 0.15) is 0 Å². The largest absolute Gasteiger partial charge is 0.388 e. The molecule has 0 saturated heterocycles. The summed E-state index contributed by atoms with van der Waals surface area (Å²) in [6, 6.07) is 0. The molecule has 0 bridgehead atoms. The fraction of sp³-hybridized carbons (Fsp3) is 0.700. The summed E-state index contributed by atoms with van der Waals surface area (Å²) in [4.78, 5) is 12.7. The third kappa shape index (κ3) is 2.46. The van der Waals surface area contributed by atoms with Crippen LogP contribution < -0.4 is 0 Å². The highest BCUT2D eigenvalue weighted by atomic mass is 16.3. The maximum atomic E-state index is 11.2. The molecule has 0 radical (unpaired) electrons. The first-order valence-electron chi connectivity index (χ1n) is 4.48. The summed E-state index contributed by atoms with van der Waals surface area (Å²) in [6.07, 6.45) is 2.65. The molecule has 1 N–H and O–H groups in total. The van der Waals surface area contributed by atoms with E-state index in [-0.39, 0.29) is 5.91 Å². The van der Waals surface area contributed by atoms with Crippen molar-refractivity contribution in [2.75, 3.05) is 13.6 Å². The van der Waals surface area contributed by atoms with Crippen molar-refractivity contribution in [1.29, 1.82) is 0 Å². The average molecular weight is 181 g/mol. The molecule has 13 heavy (non-hydrogen) atoms. The Hall–Kier alpha value is -1.01. The van der Waals surface area contributed by atoms with Crippen LogP contribution >= 0.6 is 0 Å². The molecular formula is C10H15NO2. The molecule has 0 spiro atoms. The molecule has 1 fully saturated rings. The van der Waals surface area contributed by atoms with Crippen LogP contribution in [0.3, 0.4) is 0 Å². The molecule has 1 rings (SSSR count). The van der Waals surface area contributed by atoms with E-state index in [1.807, 2.05) is 0 Å². The first-order valence-corrected chi connectivity index (χ1v) is 4.48. The van der Waals surface area contributed by atoms with Gasteiger partial charge in [-0.25, -0.2) is 0 Å². The van der Waals surface area contributed by atoms with E-state index in [1.54, 1.807) is 14.0 Å². The zero-order valence-electron chi connectivity index (χ0n) is 8.13. The third-order valence-electron chi connectivity index (χ3n) is 2.39. The minimum absolute atomic E-state index is 0.220. The van der Waals surface area contributed by atoms with Crippen molar-refractivity contribution in [2.45, 2.75) is 31.8 Å². The van der Waals surface area contributed by atoms with Gasteiger partial charge in [0.2, 0.25) is 0 Å². The maximum absolute atomic E-state index is 11.2. The van der Waals surface area contributed by atoms with Crippen LogP contribution in [0.5, 0.6) is 0 Å². The SMILES string of the molecule is CC#CC(=O)N(C)CC1(O)CCC1. The van der Waals surface area contributed by atoms with E-state index in [2.05, 4.69) is 11.8 Å². The maximum Gasteiger partial charge on any atom is 0.298 e. The second-order valence-electron chi connectivity index (χ2n) is 3.61. The van der Waals surface area contributed by atoms with Crippen LogP contribution in [0.15, 0.2) is 0 Å². The van der Waals surface area contributed by atoms with Gasteiger partial charge in [-0.2, -0.15) is 0 Å². The van der Waals surface area contributed by atoms with Crippen LogP contribution in [0, 0.1) is 11.8 Å². The number of hydrogen-bond donors (Lipinski definition) is 1.